The van der Waals surface area contributed by atoms with Crippen LogP contribution in [-0.4, -0.2) is 31.5 Å². The molecule has 22 heavy (non-hydrogen) atoms. The molecule has 2 fully saturated rings. The van der Waals surface area contributed by atoms with Crippen molar-refractivity contribution >= 4 is 23.2 Å². The minimum Gasteiger partial charge on any atom is -0.399 e. The van der Waals surface area contributed by atoms with Crippen LogP contribution in [0.2, 0.25) is 0 Å². The Morgan fingerprint density at radius 2 is 1.50 bits per heavy atom. The Kier molecular flexibility index (Phi) is 3.98. The summed E-state index contributed by atoms with van der Waals surface area (Å²) in [7, 11) is -0.316. The Balaban J connectivity index is 1.70. The number of hydrogen-bond acceptors (Lipinski definition) is 5. The van der Waals surface area contributed by atoms with E-state index < -0.39 is 0 Å². The molecule has 1 aromatic heterocycles. The maximum Gasteiger partial charge on any atom is 0.505 e. The molecular formula is C16H25BO4S. The summed E-state index contributed by atoms with van der Waals surface area (Å²) in [6.07, 6.45) is -0.269. The van der Waals surface area contributed by atoms with Gasteiger partial charge in [0.2, 0.25) is 0 Å². The van der Waals surface area contributed by atoms with Crippen molar-refractivity contribution < 1.29 is 18.8 Å². The number of thiophene rings is 1. The van der Waals surface area contributed by atoms with E-state index in [1.807, 2.05) is 6.07 Å². The molecule has 0 bridgehead atoms. The summed E-state index contributed by atoms with van der Waals surface area (Å²) >= 11 is 1.64. The van der Waals surface area contributed by atoms with Gasteiger partial charge in [0.05, 0.1) is 29.3 Å². The Labute approximate surface area is 137 Å². The predicted molar refractivity (Wildman–Crippen MR) is 88.5 cm³/mol. The molecule has 0 aliphatic carbocycles. The van der Waals surface area contributed by atoms with E-state index in [1.165, 1.54) is 0 Å². The second-order valence-corrected chi connectivity index (χ2v) is 9.09. The quantitative estimate of drug-likeness (QED) is 0.783. The van der Waals surface area contributed by atoms with Gasteiger partial charge in [-0.1, -0.05) is 19.9 Å². The molecule has 2 aliphatic rings. The fourth-order valence-electron chi connectivity index (χ4n) is 2.44. The van der Waals surface area contributed by atoms with Crippen molar-refractivity contribution in [2.45, 2.75) is 59.0 Å². The fourth-order valence-corrected chi connectivity index (χ4v) is 3.41. The predicted octanol–water partition coefficient (Wildman–Crippen LogP) is 3.12. The molecule has 2 aliphatic heterocycles. The third kappa shape index (κ3) is 2.99. The van der Waals surface area contributed by atoms with Crippen LogP contribution in [0.3, 0.4) is 0 Å². The van der Waals surface area contributed by atoms with E-state index in [2.05, 4.69) is 47.6 Å². The molecule has 0 aromatic carbocycles. The van der Waals surface area contributed by atoms with E-state index in [4.69, 9.17) is 18.8 Å². The highest BCUT2D eigenvalue weighted by molar-refractivity contribution is 7.22. The first-order valence-corrected chi connectivity index (χ1v) is 8.60. The van der Waals surface area contributed by atoms with Crippen molar-refractivity contribution in [1.82, 2.24) is 0 Å². The first kappa shape index (κ1) is 16.5. The van der Waals surface area contributed by atoms with Gasteiger partial charge in [0.15, 0.2) is 6.29 Å². The van der Waals surface area contributed by atoms with Crippen LogP contribution in [0.5, 0.6) is 0 Å². The summed E-state index contributed by atoms with van der Waals surface area (Å²) in [5.41, 5.74) is -0.546. The molecule has 0 N–H and O–H groups in total. The van der Waals surface area contributed by atoms with Gasteiger partial charge in [0.25, 0.3) is 0 Å². The van der Waals surface area contributed by atoms with Crippen LogP contribution in [0.1, 0.15) is 52.7 Å². The van der Waals surface area contributed by atoms with Crippen molar-refractivity contribution in [1.29, 1.82) is 0 Å². The number of hydrogen-bond donors (Lipinski definition) is 0. The van der Waals surface area contributed by atoms with Crippen LogP contribution in [0.15, 0.2) is 12.1 Å². The Bertz CT molecular complexity index is 526. The van der Waals surface area contributed by atoms with Crippen molar-refractivity contribution in [3.8, 4) is 0 Å². The summed E-state index contributed by atoms with van der Waals surface area (Å²) in [5.74, 6) is 0. The summed E-state index contributed by atoms with van der Waals surface area (Å²) in [4.78, 5) is 1.07. The molecule has 1 aromatic rings. The molecule has 0 saturated carbocycles. The Morgan fingerprint density at radius 3 is 2.05 bits per heavy atom. The monoisotopic (exact) mass is 324 g/mol. The average Bonchev–Trinajstić information content (AvgIpc) is 2.93. The summed E-state index contributed by atoms with van der Waals surface area (Å²) in [6, 6.07) is 4.10. The van der Waals surface area contributed by atoms with E-state index in [1.54, 1.807) is 11.3 Å². The second kappa shape index (κ2) is 5.31. The van der Waals surface area contributed by atoms with E-state index >= 15 is 0 Å². The second-order valence-electron chi connectivity index (χ2n) is 7.95. The van der Waals surface area contributed by atoms with Crippen LogP contribution >= 0.6 is 11.3 Å². The lowest BCUT2D eigenvalue weighted by molar-refractivity contribution is -0.224. The zero-order valence-electron chi connectivity index (χ0n) is 14.3. The molecule has 0 amide bonds. The zero-order chi connectivity index (χ0) is 16.2. The lowest BCUT2D eigenvalue weighted by Gasteiger charge is -2.34. The highest BCUT2D eigenvalue weighted by Crippen LogP contribution is 2.38. The van der Waals surface area contributed by atoms with Crippen molar-refractivity contribution in [2.75, 3.05) is 13.2 Å². The summed E-state index contributed by atoms with van der Waals surface area (Å²) in [5, 5.41) is 0. The van der Waals surface area contributed by atoms with E-state index in [0.29, 0.717) is 13.2 Å². The standard InChI is InChI=1S/C16H25BO4S/c1-14(2)9-18-13(19-10-14)11-7-8-12(22-11)17-20-15(3,4)16(5,6)21-17/h7-8,13H,9-10H2,1-6H3. The molecule has 122 valence electrons. The van der Waals surface area contributed by atoms with Gasteiger partial charge < -0.3 is 18.8 Å². The fraction of sp³-hybridized carbons (Fsp3) is 0.750. The maximum atomic E-state index is 6.09. The lowest BCUT2D eigenvalue weighted by atomic mass is 9.88. The van der Waals surface area contributed by atoms with Crippen molar-refractivity contribution in [2.24, 2.45) is 5.41 Å². The molecule has 2 saturated heterocycles. The number of ether oxygens (including phenoxy) is 2. The van der Waals surface area contributed by atoms with E-state index in [0.717, 1.165) is 9.65 Å². The maximum absolute atomic E-state index is 6.09. The van der Waals surface area contributed by atoms with Crippen LogP contribution in [0.25, 0.3) is 0 Å². The van der Waals surface area contributed by atoms with Gasteiger partial charge in [0, 0.05) is 10.2 Å². The third-order valence-corrected chi connectivity index (χ3v) is 5.74. The first-order valence-electron chi connectivity index (χ1n) is 7.78. The van der Waals surface area contributed by atoms with Gasteiger partial charge in [-0.15, -0.1) is 11.3 Å². The van der Waals surface area contributed by atoms with Gasteiger partial charge >= 0.3 is 7.12 Å². The molecule has 0 radical (unpaired) electrons. The third-order valence-electron chi connectivity index (χ3n) is 4.62. The van der Waals surface area contributed by atoms with Crippen LogP contribution in [0, 0.1) is 5.41 Å². The SMILES string of the molecule is CC1(C)COC(c2ccc(B3OC(C)(C)C(C)(C)O3)s2)OC1. The van der Waals surface area contributed by atoms with Crippen LogP contribution in [-0.2, 0) is 18.8 Å². The van der Waals surface area contributed by atoms with Gasteiger partial charge in [-0.2, -0.15) is 0 Å². The van der Waals surface area contributed by atoms with Crippen molar-refractivity contribution in [3.63, 3.8) is 0 Å². The van der Waals surface area contributed by atoms with Crippen LogP contribution < -0.4 is 4.78 Å². The zero-order valence-corrected chi connectivity index (χ0v) is 15.1. The van der Waals surface area contributed by atoms with Gasteiger partial charge in [-0.25, -0.2) is 0 Å². The smallest absolute Gasteiger partial charge is 0.399 e. The molecule has 4 nitrogen and oxygen atoms in total. The Morgan fingerprint density at radius 1 is 0.955 bits per heavy atom. The molecule has 0 atom stereocenters. The average molecular weight is 324 g/mol. The van der Waals surface area contributed by atoms with E-state index in [-0.39, 0.29) is 30.0 Å². The molecule has 0 spiro atoms. The molecule has 3 rings (SSSR count). The van der Waals surface area contributed by atoms with Gasteiger partial charge in [0.1, 0.15) is 0 Å². The molecule has 3 heterocycles. The minimum atomic E-state index is -0.316. The topological polar surface area (TPSA) is 36.9 Å². The normalized spacial score (nSPS) is 27.3. The highest BCUT2D eigenvalue weighted by Gasteiger charge is 2.52. The molecule has 0 unspecified atom stereocenters. The minimum absolute atomic E-state index is 0.0856. The van der Waals surface area contributed by atoms with Gasteiger partial charge in [-0.3, -0.25) is 0 Å². The van der Waals surface area contributed by atoms with E-state index in [9.17, 15) is 0 Å². The summed E-state index contributed by atoms with van der Waals surface area (Å²) in [6.45, 7) is 14.0. The largest absolute Gasteiger partial charge is 0.505 e. The molecule has 6 heteroatoms. The summed E-state index contributed by atoms with van der Waals surface area (Å²) < 4.78 is 24.9. The highest BCUT2D eigenvalue weighted by atomic mass is 32.1. The number of rotatable bonds is 2. The van der Waals surface area contributed by atoms with Crippen LogP contribution in [0.4, 0.5) is 0 Å². The van der Waals surface area contributed by atoms with Crippen molar-refractivity contribution in [3.05, 3.63) is 17.0 Å². The Hall–Kier alpha value is -0.395. The molecular weight excluding hydrogens is 299 g/mol. The first-order chi connectivity index (χ1) is 10.1. The lowest BCUT2D eigenvalue weighted by Crippen LogP contribution is -2.41. The van der Waals surface area contributed by atoms with Gasteiger partial charge in [-0.05, 0) is 33.8 Å².